The number of nitrogens with one attached hydrogen (secondary N) is 1. The summed E-state index contributed by atoms with van der Waals surface area (Å²) < 4.78 is 0. The molecule has 5 heteroatoms. The van der Waals surface area contributed by atoms with Crippen LogP contribution in [0, 0.1) is 11.3 Å². The Morgan fingerprint density at radius 1 is 1.20 bits per heavy atom. The minimum atomic E-state index is -0.0776. The summed E-state index contributed by atoms with van der Waals surface area (Å²) in [7, 11) is 0. The summed E-state index contributed by atoms with van der Waals surface area (Å²) in [6.45, 7) is 6.92. The molecule has 1 aliphatic rings. The Hall–Kier alpha value is -2.79. The SMILES string of the molecule is CC(C)(C)[C@H]1CCc2c(sc(N=Cc3cccnc3)c2C(=O)Nc2ccccc2)C1. The van der Waals surface area contributed by atoms with Crippen LogP contribution in [0.5, 0.6) is 0 Å². The number of aliphatic imine (C=N–C) groups is 1. The van der Waals surface area contributed by atoms with E-state index >= 15 is 0 Å². The highest BCUT2D eigenvalue weighted by molar-refractivity contribution is 7.16. The van der Waals surface area contributed by atoms with Crippen LogP contribution in [0.3, 0.4) is 0 Å². The summed E-state index contributed by atoms with van der Waals surface area (Å²) in [6.07, 6.45) is 8.35. The van der Waals surface area contributed by atoms with Crippen LogP contribution in [0.15, 0.2) is 59.9 Å². The van der Waals surface area contributed by atoms with Crippen molar-refractivity contribution in [1.82, 2.24) is 4.98 Å². The van der Waals surface area contributed by atoms with E-state index in [1.54, 1.807) is 29.9 Å². The van der Waals surface area contributed by atoms with Gasteiger partial charge >= 0.3 is 0 Å². The van der Waals surface area contributed by atoms with E-state index in [9.17, 15) is 4.79 Å². The zero-order valence-corrected chi connectivity index (χ0v) is 18.5. The Morgan fingerprint density at radius 3 is 2.70 bits per heavy atom. The van der Waals surface area contributed by atoms with Crippen molar-refractivity contribution in [1.29, 1.82) is 0 Å². The van der Waals surface area contributed by atoms with E-state index in [0.717, 1.165) is 41.1 Å². The minimum Gasteiger partial charge on any atom is -0.322 e. The summed E-state index contributed by atoms with van der Waals surface area (Å²) >= 11 is 1.66. The number of nitrogens with zero attached hydrogens (tertiary/aromatic N) is 2. The fourth-order valence-electron chi connectivity index (χ4n) is 3.94. The molecule has 1 aromatic carbocycles. The average Bonchev–Trinajstić information content (AvgIpc) is 3.11. The largest absolute Gasteiger partial charge is 0.322 e. The molecule has 0 unspecified atom stereocenters. The van der Waals surface area contributed by atoms with Gasteiger partial charge in [0.25, 0.3) is 5.91 Å². The molecule has 2 heterocycles. The first-order valence-electron chi connectivity index (χ1n) is 10.4. The third kappa shape index (κ3) is 4.51. The Balaban J connectivity index is 1.70. The van der Waals surface area contributed by atoms with E-state index in [4.69, 9.17) is 4.99 Å². The number of thiophene rings is 1. The van der Waals surface area contributed by atoms with Crippen LogP contribution in [0.1, 0.15) is 53.6 Å². The zero-order chi connectivity index (χ0) is 21.1. The number of aromatic nitrogens is 1. The number of hydrogen-bond donors (Lipinski definition) is 1. The standard InChI is InChI=1S/C25H27N3OS/c1-25(2,3)18-11-12-20-21(14-18)30-24(27-16-17-8-7-13-26-15-17)22(20)23(29)28-19-9-5-4-6-10-19/h4-10,13,15-16,18H,11-12,14H2,1-3H3,(H,28,29)/t18-/m0/s1. The molecule has 0 spiro atoms. The summed E-state index contributed by atoms with van der Waals surface area (Å²) in [6, 6.07) is 13.5. The van der Waals surface area contributed by atoms with Crippen LogP contribution in [0.4, 0.5) is 10.7 Å². The number of carbonyl (C=O) groups is 1. The first-order valence-corrected chi connectivity index (χ1v) is 11.2. The molecule has 0 bridgehead atoms. The van der Waals surface area contributed by atoms with E-state index in [1.807, 2.05) is 42.5 Å². The van der Waals surface area contributed by atoms with Gasteiger partial charge in [-0.1, -0.05) is 45.0 Å². The normalized spacial score (nSPS) is 16.4. The number of hydrogen-bond acceptors (Lipinski definition) is 4. The monoisotopic (exact) mass is 417 g/mol. The summed E-state index contributed by atoms with van der Waals surface area (Å²) in [5.74, 6) is 0.537. The maximum absolute atomic E-state index is 13.3. The molecule has 4 rings (SSSR count). The van der Waals surface area contributed by atoms with Gasteiger partial charge in [0.1, 0.15) is 5.00 Å². The third-order valence-corrected chi connectivity index (χ3v) is 6.91. The van der Waals surface area contributed by atoms with Gasteiger partial charge < -0.3 is 5.32 Å². The van der Waals surface area contributed by atoms with Crippen molar-refractivity contribution in [3.63, 3.8) is 0 Å². The maximum atomic E-state index is 13.3. The van der Waals surface area contributed by atoms with E-state index in [0.29, 0.717) is 5.92 Å². The molecule has 1 aliphatic carbocycles. The predicted octanol–water partition coefficient (Wildman–Crippen LogP) is 6.30. The number of carbonyl (C=O) groups excluding carboxylic acids is 1. The molecule has 0 aliphatic heterocycles. The van der Waals surface area contributed by atoms with Gasteiger partial charge in [0.15, 0.2) is 0 Å². The number of benzene rings is 1. The minimum absolute atomic E-state index is 0.0776. The Morgan fingerprint density at radius 2 is 2.00 bits per heavy atom. The molecule has 154 valence electrons. The number of rotatable bonds is 4. The van der Waals surface area contributed by atoms with Crippen molar-refractivity contribution in [3.8, 4) is 0 Å². The molecule has 0 saturated carbocycles. The van der Waals surface area contributed by atoms with E-state index in [-0.39, 0.29) is 11.3 Å². The van der Waals surface area contributed by atoms with Gasteiger partial charge in [-0.15, -0.1) is 11.3 Å². The van der Waals surface area contributed by atoms with Crippen LogP contribution in [0.25, 0.3) is 0 Å². The van der Waals surface area contributed by atoms with Crippen LogP contribution < -0.4 is 5.32 Å². The first kappa shape index (κ1) is 20.5. The van der Waals surface area contributed by atoms with E-state index in [1.165, 1.54) is 10.4 Å². The van der Waals surface area contributed by atoms with Crippen LogP contribution >= 0.6 is 11.3 Å². The van der Waals surface area contributed by atoms with E-state index in [2.05, 4.69) is 31.1 Å². The molecule has 0 fully saturated rings. The topological polar surface area (TPSA) is 54.4 Å². The number of para-hydroxylation sites is 1. The van der Waals surface area contributed by atoms with Gasteiger partial charge in [0.05, 0.1) is 5.56 Å². The van der Waals surface area contributed by atoms with Crippen LogP contribution in [0.2, 0.25) is 0 Å². The lowest BCUT2D eigenvalue weighted by molar-refractivity contribution is 0.102. The van der Waals surface area contributed by atoms with Crippen molar-refractivity contribution < 1.29 is 4.79 Å². The molecule has 1 N–H and O–H groups in total. The smallest absolute Gasteiger partial charge is 0.259 e. The van der Waals surface area contributed by atoms with Crippen molar-refractivity contribution in [2.24, 2.45) is 16.3 Å². The van der Waals surface area contributed by atoms with Gasteiger partial charge in [0, 0.05) is 34.7 Å². The molecular weight excluding hydrogens is 390 g/mol. The zero-order valence-electron chi connectivity index (χ0n) is 17.7. The second-order valence-electron chi connectivity index (χ2n) is 8.85. The number of anilines is 1. The predicted molar refractivity (Wildman–Crippen MR) is 125 cm³/mol. The Kier molecular flexibility index (Phi) is 5.82. The molecule has 4 nitrogen and oxygen atoms in total. The van der Waals surface area contributed by atoms with Gasteiger partial charge in [-0.3, -0.25) is 9.78 Å². The molecule has 0 saturated heterocycles. The van der Waals surface area contributed by atoms with Crippen molar-refractivity contribution in [3.05, 3.63) is 76.4 Å². The molecule has 1 atom stereocenters. The van der Waals surface area contributed by atoms with Crippen molar-refractivity contribution >= 4 is 34.1 Å². The second kappa shape index (κ2) is 8.52. The molecule has 30 heavy (non-hydrogen) atoms. The molecule has 0 radical (unpaired) electrons. The number of pyridine rings is 1. The lowest BCUT2D eigenvalue weighted by atomic mass is 9.72. The molecule has 2 aromatic heterocycles. The van der Waals surface area contributed by atoms with Crippen LogP contribution in [-0.4, -0.2) is 17.1 Å². The molecule has 3 aromatic rings. The highest BCUT2D eigenvalue weighted by Crippen LogP contribution is 2.45. The summed E-state index contributed by atoms with van der Waals surface area (Å²) in [4.78, 5) is 23.4. The number of amides is 1. The summed E-state index contributed by atoms with van der Waals surface area (Å²) in [5, 5.41) is 3.84. The molecule has 1 amide bonds. The van der Waals surface area contributed by atoms with Gasteiger partial charge in [-0.2, -0.15) is 0 Å². The Labute approximate surface area is 182 Å². The molecular formula is C25H27N3OS. The quantitative estimate of drug-likeness (QED) is 0.507. The van der Waals surface area contributed by atoms with Crippen LogP contribution in [-0.2, 0) is 12.8 Å². The third-order valence-electron chi connectivity index (χ3n) is 5.75. The maximum Gasteiger partial charge on any atom is 0.259 e. The lowest BCUT2D eigenvalue weighted by Gasteiger charge is -2.33. The highest BCUT2D eigenvalue weighted by Gasteiger charge is 2.33. The van der Waals surface area contributed by atoms with Gasteiger partial charge in [0.2, 0.25) is 0 Å². The van der Waals surface area contributed by atoms with Crippen molar-refractivity contribution in [2.75, 3.05) is 5.32 Å². The highest BCUT2D eigenvalue weighted by atomic mass is 32.1. The van der Waals surface area contributed by atoms with Gasteiger partial charge in [-0.05, 0) is 54.4 Å². The lowest BCUT2D eigenvalue weighted by Crippen LogP contribution is -2.27. The van der Waals surface area contributed by atoms with E-state index < -0.39 is 0 Å². The fraction of sp³-hybridized carbons (Fsp3) is 0.320. The first-order chi connectivity index (χ1) is 14.4. The van der Waals surface area contributed by atoms with Gasteiger partial charge in [-0.25, -0.2) is 4.99 Å². The second-order valence-corrected chi connectivity index (χ2v) is 9.94. The average molecular weight is 418 g/mol. The number of fused-ring (bicyclic) bond motifs is 1. The summed E-state index contributed by atoms with van der Waals surface area (Å²) in [5.41, 5.74) is 3.88. The Bertz CT molecular complexity index is 1050. The fourth-order valence-corrected chi connectivity index (χ4v) is 5.20. The van der Waals surface area contributed by atoms with Crippen molar-refractivity contribution in [2.45, 2.75) is 40.0 Å².